The molecule has 212 valence electrons. The minimum Gasteiger partial charge on any atom is -0.306 e. The lowest BCUT2D eigenvalue weighted by Gasteiger charge is -2.25. The van der Waals surface area contributed by atoms with Crippen LogP contribution in [0.2, 0.25) is 0 Å². The topological polar surface area (TPSA) is 8.29 Å². The molecule has 0 radical (unpaired) electrons. The number of allylic oxidation sites excluding steroid dienone is 2. The molecule has 1 fully saturated rings. The molecular weight excluding hydrogens is 508 g/mol. The SMILES string of the molecule is Cc1c(-c2c3c(cc[n+]2C)c2cccc4c5c(n3c42)CCC=C5CC(C)(C)C)cc(C2CCCCC2)c2ccccc12. The summed E-state index contributed by atoms with van der Waals surface area (Å²) >= 11 is 0. The predicted molar refractivity (Wildman–Crippen MR) is 179 cm³/mol. The number of hydrogen-bond acceptors (Lipinski definition) is 0. The van der Waals surface area contributed by atoms with Crippen LogP contribution in [0.3, 0.4) is 0 Å². The Bertz CT molecular complexity index is 2040. The number of para-hydroxylation sites is 1. The fourth-order valence-corrected chi connectivity index (χ4v) is 8.61. The summed E-state index contributed by atoms with van der Waals surface area (Å²) in [5.74, 6) is 0.651. The molecule has 0 aliphatic heterocycles. The summed E-state index contributed by atoms with van der Waals surface area (Å²) in [5.41, 5.74) is 13.3. The van der Waals surface area contributed by atoms with Gasteiger partial charge in [0.2, 0.25) is 5.69 Å². The highest BCUT2D eigenvalue weighted by Crippen LogP contribution is 2.47. The van der Waals surface area contributed by atoms with Crippen molar-refractivity contribution in [1.29, 1.82) is 0 Å². The molecule has 0 spiro atoms. The van der Waals surface area contributed by atoms with E-state index in [-0.39, 0.29) is 5.41 Å². The summed E-state index contributed by atoms with van der Waals surface area (Å²) in [6.07, 6.45) is 14.9. The minimum atomic E-state index is 0.254. The van der Waals surface area contributed by atoms with Gasteiger partial charge in [-0.05, 0) is 83.9 Å². The third kappa shape index (κ3) is 3.80. The number of pyridine rings is 1. The molecule has 8 rings (SSSR count). The van der Waals surface area contributed by atoms with Gasteiger partial charge in [-0.15, -0.1) is 0 Å². The van der Waals surface area contributed by atoms with E-state index in [1.165, 1.54) is 104 Å². The van der Waals surface area contributed by atoms with Gasteiger partial charge in [0.1, 0.15) is 12.6 Å². The van der Waals surface area contributed by atoms with Crippen LogP contribution in [0, 0.1) is 12.3 Å². The fourth-order valence-electron chi connectivity index (χ4n) is 8.61. The van der Waals surface area contributed by atoms with Crippen LogP contribution in [0.15, 0.2) is 66.9 Å². The molecule has 6 aromatic rings. The zero-order valence-corrected chi connectivity index (χ0v) is 26.0. The van der Waals surface area contributed by atoms with E-state index < -0.39 is 0 Å². The lowest BCUT2D eigenvalue weighted by molar-refractivity contribution is -0.659. The number of aryl methyl sites for hydroxylation is 3. The summed E-state index contributed by atoms with van der Waals surface area (Å²) in [6.45, 7) is 9.48. The number of rotatable bonds is 3. The van der Waals surface area contributed by atoms with E-state index in [0.29, 0.717) is 5.92 Å². The second-order valence-corrected chi connectivity index (χ2v) is 14.4. The Hall–Kier alpha value is -3.65. The molecule has 2 nitrogen and oxygen atoms in total. The second kappa shape index (κ2) is 9.43. The molecule has 1 saturated carbocycles. The van der Waals surface area contributed by atoms with Crippen LogP contribution in [-0.4, -0.2) is 4.40 Å². The molecule has 2 aliphatic carbocycles. The van der Waals surface area contributed by atoms with Gasteiger partial charge in [-0.2, -0.15) is 4.57 Å². The number of hydrogen-bond donors (Lipinski definition) is 0. The Morgan fingerprint density at radius 2 is 1.55 bits per heavy atom. The third-order valence-corrected chi connectivity index (χ3v) is 10.4. The van der Waals surface area contributed by atoms with Crippen LogP contribution in [-0.2, 0) is 13.5 Å². The van der Waals surface area contributed by atoms with E-state index in [4.69, 9.17) is 0 Å². The van der Waals surface area contributed by atoms with Gasteiger partial charge >= 0.3 is 0 Å². The molecule has 0 saturated heterocycles. The largest absolute Gasteiger partial charge is 0.306 e. The highest BCUT2D eigenvalue weighted by molar-refractivity contribution is 6.19. The van der Waals surface area contributed by atoms with Crippen molar-refractivity contribution in [2.45, 2.75) is 85.0 Å². The molecule has 0 unspecified atom stereocenters. The van der Waals surface area contributed by atoms with Crippen molar-refractivity contribution in [1.82, 2.24) is 4.40 Å². The zero-order chi connectivity index (χ0) is 28.7. The van der Waals surface area contributed by atoms with Gasteiger partial charge in [0, 0.05) is 33.5 Å². The van der Waals surface area contributed by atoms with E-state index in [0.717, 1.165) is 19.3 Å². The van der Waals surface area contributed by atoms with Gasteiger partial charge in [0.25, 0.3) is 0 Å². The summed E-state index contributed by atoms with van der Waals surface area (Å²) in [5, 5.41) is 7.08. The average molecular weight is 552 g/mol. The Morgan fingerprint density at radius 3 is 2.33 bits per heavy atom. The fraction of sp³-hybridized carbons (Fsp3) is 0.375. The van der Waals surface area contributed by atoms with Crippen LogP contribution >= 0.6 is 0 Å². The summed E-state index contributed by atoms with van der Waals surface area (Å²) in [7, 11) is 2.26. The number of aromatic nitrogens is 2. The number of fused-ring (bicyclic) bond motifs is 7. The summed E-state index contributed by atoms with van der Waals surface area (Å²) in [6, 6.07) is 21.2. The van der Waals surface area contributed by atoms with Gasteiger partial charge in [0.15, 0.2) is 6.20 Å². The monoisotopic (exact) mass is 551 g/mol. The van der Waals surface area contributed by atoms with E-state index in [2.05, 4.69) is 111 Å². The molecule has 2 heteroatoms. The van der Waals surface area contributed by atoms with E-state index in [9.17, 15) is 0 Å². The van der Waals surface area contributed by atoms with Gasteiger partial charge in [-0.1, -0.05) is 88.6 Å². The van der Waals surface area contributed by atoms with Crippen molar-refractivity contribution in [2.75, 3.05) is 0 Å². The molecule has 0 N–H and O–H groups in total. The highest BCUT2D eigenvalue weighted by atomic mass is 15.0. The van der Waals surface area contributed by atoms with Crippen molar-refractivity contribution in [3.8, 4) is 11.3 Å². The van der Waals surface area contributed by atoms with Gasteiger partial charge in [-0.3, -0.25) is 0 Å². The Balaban J connectivity index is 1.48. The average Bonchev–Trinajstić information content (AvgIpc) is 3.50. The Morgan fingerprint density at radius 1 is 0.833 bits per heavy atom. The molecule has 3 heterocycles. The van der Waals surface area contributed by atoms with Gasteiger partial charge < -0.3 is 4.40 Å². The van der Waals surface area contributed by atoms with E-state index >= 15 is 0 Å². The zero-order valence-electron chi connectivity index (χ0n) is 26.0. The first-order chi connectivity index (χ1) is 20.3. The number of benzene rings is 3. The number of nitrogens with zero attached hydrogens (tertiary/aromatic N) is 2. The van der Waals surface area contributed by atoms with Crippen LogP contribution in [0.25, 0.3) is 54.8 Å². The quantitative estimate of drug-likeness (QED) is 0.193. The molecule has 3 aromatic heterocycles. The van der Waals surface area contributed by atoms with Crippen molar-refractivity contribution < 1.29 is 4.57 Å². The van der Waals surface area contributed by atoms with Gasteiger partial charge in [0.05, 0.1) is 11.1 Å². The third-order valence-electron chi connectivity index (χ3n) is 10.4. The molecule has 0 atom stereocenters. The lowest BCUT2D eigenvalue weighted by Crippen LogP contribution is -2.31. The van der Waals surface area contributed by atoms with E-state index in [1.54, 1.807) is 5.56 Å². The normalized spacial score (nSPS) is 16.6. The van der Waals surface area contributed by atoms with Crippen LogP contribution in [0.4, 0.5) is 0 Å². The summed E-state index contributed by atoms with van der Waals surface area (Å²) < 4.78 is 5.09. The van der Waals surface area contributed by atoms with Crippen molar-refractivity contribution in [3.63, 3.8) is 0 Å². The molecule has 42 heavy (non-hydrogen) atoms. The first-order valence-electron chi connectivity index (χ1n) is 16.2. The van der Waals surface area contributed by atoms with Gasteiger partial charge in [-0.25, -0.2) is 0 Å². The van der Waals surface area contributed by atoms with E-state index in [1.807, 2.05) is 0 Å². The van der Waals surface area contributed by atoms with Crippen LogP contribution in [0.5, 0.6) is 0 Å². The lowest BCUT2D eigenvalue weighted by atomic mass is 9.80. The molecule has 2 aliphatic rings. The Labute approximate surface area is 250 Å². The highest BCUT2D eigenvalue weighted by Gasteiger charge is 2.31. The van der Waals surface area contributed by atoms with Crippen molar-refractivity contribution in [2.24, 2.45) is 12.5 Å². The van der Waals surface area contributed by atoms with Crippen LogP contribution in [0.1, 0.15) is 94.0 Å². The molecule has 0 amide bonds. The maximum absolute atomic E-state index is 2.69. The maximum atomic E-state index is 2.69. The Kier molecular flexibility index (Phi) is 5.84. The maximum Gasteiger partial charge on any atom is 0.237 e. The molecular formula is C40H43N2+. The van der Waals surface area contributed by atoms with Crippen molar-refractivity contribution in [3.05, 3.63) is 89.3 Å². The van der Waals surface area contributed by atoms with Crippen LogP contribution < -0.4 is 4.57 Å². The van der Waals surface area contributed by atoms with Crippen molar-refractivity contribution >= 4 is 43.5 Å². The smallest absolute Gasteiger partial charge is 0.237 e. The standard InChI is InChI=1S/C40H43N2/c1-25-28-16-9-10-17-29(28)34(26-13-7-6-8-14-26)23-33(25)38-39-31(21-22-41(38)5)30-18-12-19-32-36-27(24-40(2,3)4)15-11-20-35(36)42(39)37(30)32/h9-10,12,15-19,21-23,26H,6-8,11,13-14,20,24H2,1-5H3/q+1. The first kappa shape index (κ1) is 26.0. The predicted octanol–water partition coefficient (Wildman–Crippen LogP) is 10.5. The molecule has 0 bridgehead atoms. The molecule has 3 aromatic carbocycles. The second-order valence-electron chi connectivity index (χ2n) is 14.4. The first-order valence-corrected chi connectivity index (χ1v) is 16.2. The summed E-state index contributed by atoms with van der Waals surface area (Å²) in [4.78, 5) is 0. The minimum absolute atomic E-state index is 0.254.